The summed E-state index contributed by atoms with van der Waals surface area (Å²) in [6.45, 7) is 2.81. The van der Waals surface area contributed by atoms with E-state index in [1.165, 1.54) is 16.2 Å². The lowest BCUT2D eigenvalue weighted by Gasteiger charge is -2.23. The maximum absolute atomic E-state index is 13.4. The Hall–Kier alpha value is -3.69. The Bertz CT molecular complexity index is 1580. The molecule has 36 heavy (non-hydrogen) atoms. The number of nitrogens with zero attached hydrogens (tertiary/aromatic N) is 2. The number of ether oxygens (including phenoxy) is 2. The Labute approximate surface area is 218 Å². The smallest absolute Gasteiger partial charge is 0.301 e. The summed E-state index contributed by atoms with van der Waals surface area (Å²) in [5.41, 5.74) is 2.84. The van der Waals surface area contributed by atoms with Gasteiger partial charge in [-0.25, -0.2) is 4.98 Å². The summed E-state index contributed by atoms with van der Waals surface area (Å²) in [7, 11) is 0. The molecule has 7 nitrogen and oxygen atoms in total. The largest absolute Gasteiger partial charge is 0.507 e. The third kappa shape index (κ3) is 3.75. The van der Waals surface area contributed by atoms with Gasteiger partial charge in [-0.15, -0.1) is 0 Å². The third-order valence-electron chi connectivity index (χ3n) is 6.18. The van der Waals surface area contributed by atoms with Crippen molar-refractivity contribution in [2.45, 2.75) is 13.0 Å². The molecule has 0 bridgehead atoms. The molecule has 1 saturated heterocycles. The number of anilines is 1. The minimum Gasteiger partial charge on any atom is -0.507 e. The molecule has 1 atom stereocenters. The molecule has 3 heterocycles. The van der Waals surface area contributed by atoms with E-state index in [-0.39, 0.29) is 11.3 Å². The number of halogens is 1. The van der Waals surface area contributed by atoms with Crippen LogP contribution in [-0.2, 0) is 9.59 Å². The molecule has 4 aromatic rings. The summed E-state index contributed by atoms with van der Waals surface area (Å²) in [5, 5.41) is 11.8. The number of ketones is 1. The fourth-order valence-corrected chi connectivity index (χ4v) is 5.81. The number of hydrogen-bond donors (Lipinski definition) is 1. The number of hydrogen-bond acceptors (Lipinski definition) is 7. The minimum absolute atomic E-state index is 0.00515. The molecule has 1 aromatic heterocycles. The molecule has 1 fully saturated rings. The number of aryl methyl sites for hydroxylation is 1. The number of fused-ring (bicyclic) bond motifs is 2. The predicted octanol–water partition coefficient (Wildman–Crippen LogP) is 5.76. The molecule has 0 saturated carbocycles. The first-order valence-electron chi connectivity index (χ1n) is 11.2. The lowest BCUT2D eigenvalue weighted by molar-refractivity contribution is -0.132. The van der Waals surface area contributed by atoms with Gasteiger partial charge in [-0.05, 0) is 60.5 Å². The van der Waals surface area contributed by atoms with Crippen LogP contribution in [0.2, 0.25) is 0 Å². The molecule has 0 radical (unpaired) electrons. The minimum atomic E-state index is -0.854. The van der Waals surface area contributed by atoms with E-state index in [0.717, 1.165) is 20.3 Å². The highest BCUT2D eigenvalue weighted by Crippen LogP contribution is 2.45. The highest BCUT2D eigenvalue weighted by molar-refractivity contribution is 9.10. The molecule has 3 aromatic carbocycles. The van der Waals surface area contributed by atoms with Gasteiger partial charge in [0, 0.05) is 10.0 Å². The van der Waals surface area contributed by atoms with Gasteiger partial charge in [0.15, 0.2) is 16.6 Å². The normalized spacial score (nSPS) is 18.7. The number of thiazole rings is 1. The number of rotatable bonds is 3. The summed E-state index contributed by atoms with van der Waals surface area (Å²) in [5.74, 6) is -0.755. The molecule has 6 rings (SSSR count). The monoisotopic (exact) mass is 562 g/mol. The average Bonchev–Trinajstić information content (AvgIpc) is 3.41. The van der Waals surface area contributed by atoms with Crippen LogP contribution < -0.4 is 14.4 Å². The van der Waals surface area contributed by atoms with Crippen LogP contribution in [0.25, 0.3) is 16.0 Å². The third-order valence-corrected chi connectivity index (χ3v) is 7.73. The van der Waals surface area contributed by atoms with Crippen molar-refractivity contribution < 1.29 is 24.2 Å². The van der Waals surface area contributed by atoms with Crippen molar-refractivity contribution in [2.75, 3.05) is 18.1 Å². The highest BCUT2D eigenvalue weighted by Gasteiger charge is 2.48. The lowest BCUT2D eigenvalue weighted by Crippen LogP contribution is -2.29. The van der Waals surface area contributed by atoms with Crippen LogP contribution in [0.3, 0.4) is 0 Å². The first-order valence-corrected chi connectivity index (χ1v) is 12.9. The number of Topliss-reactive ketones (excluding diaryl/α,β-unsaturated/α-hetero) is 1. The van der Waals surface area contributed by atoms with E-state index >= 15 is 0 Å². The molecule has 180 valence electrons. The van der Waals surface area contributed by atoms with Crippen LogP contribution in [0, 0.1) is 6.92 Å². The number of aromatic nitrogens is 1. The number of benzene rings is 3. The van der Waals surface area contributed by atoms with Crippen LogP contribution >= 0.6 is 27.3 Å². The zero-order valence-electron chi connectivity index (χ0n) is 19.0. The van der Waals surface area contributed by atoms with Crippen molar-refractivity contribution in [1.82, 2.24) is 4.98 Å². The molecule has 2 aliphatic rings. The van der Waals surface area contributed by atoms with E-state index in [9.17, 15) is 14.7 Å². The van der Waals surface area contributed by atoms with E-state index in [2.05, 4.69) is 20.9 Å². The average molecular weight is 563 g/mol. The summed E-state index contributed by atoms with van der Waals surface area (Å²) in [6, 6.07) is 17.3. The van der Waals surface area contributed by atoms with Crippen LogP contribution in [0.15, 0.2) is 70.7 Å². The second-order valence-electron chi connectivity index (χ2n) is 8.55. The van der Waals surface area contributed by atoms with Crippen molar-refractivity contribution in [3.05, 3.63) is 87.4 Å². The van der Waals surface area contributed by atoms with Crippen LogP contribution in [0.1, 0.15) is 22.7 Å². The Kier molecular flexibility index (Phi) is 5.54. The Balaban J connectivity index is 1.54. The summed E-state index contributed by atoms with van der Waals surface area (Å²) >= 11 is 4.77. The van der Waals surface area contributed by atoms with Gasteiger partial charge in [0.1, 0.15) is 19.0 Å². The topological polar surface area (TPSA) is 89.0 Å². The van der Waals surface area contributed by atoms with Crippen molar-refractivity contribution in [3.63, 3.8) is 0 Å². The van der Waals surface area contributed by atoms with Gasteiger partial charge < -0.3 is 14.6 Å². The first-order chi connectivity index (χ1) is 17.4. The van der Waals surface area contributed by atoms with Crippen LogP contribution in [0.4, 0.5) is 5.13 Å². The fourth-order valence-electron chi connectivity index (χ4n) is 4.46. The maximum atomic E-state index is 13.4. The molecule has 0 aliphatic carbocycles. The van der Waals surface area contributed by atoms with Crippen molar-refractivity contribution in [3.8, 4) is 11.5 Å². The maximum Gasteiger partial charge on any atom is 0.301 e. The van der Waals surface area contributed by atoms with Gasteiger partial charge in [-0.1, -0.05) is 45.5 Å². The molecule has 1 amide bonds. The summed E-state index contributed by atoms with van der Waals surface area (Å²) in [4.78, 5) is 32.9. The fraction of sp³-hybridized carbons (Fsp3) is 0.148. The van der Waals surface area contributed by atoms with Crippen molar-refractivity contribution in [2.24, 2.45) is 0 Å². The summed E-state index contributed by atoms with van der Waals surface area (Å²) < 4.78 is 13.0. The van der Waals surface area contributed by atoms with E-state index in [1.807, 2.05) is 49.4 Å². The van der Waals surface area contributed by atoms with Gasteiger partial charge in [-0.3, -0.25) is 14.5 Å². The lowest BCUT2D eigenvalue weighted by atomic mass is 9.95. The van der Waals surface area contributed by atoms with E-state index in [4.69, 9.17) is 9.47 Å². The van der Waals surface area contributed by atoms with E-state index < -0.39 is 17.7 Å². The number of carbonyl (C=O) groups excluding carboxylic acids is 2. The number of aliphatic hydroxyl groups is 1. The summed E-state index contributed by atoms with van der Waals surface area (Å²) in [6.07, 6.45) is 0. The quantitative estimate of drug-likeness (QED) is 0.194. The molecular formula is C27H19BrN2O5S. The van der Waals surface area contributed by atoms with Gasteiger partial charge in [-0.2, -0.15) is 0 Å². The molecular weight excluding hydrogens is 544 g/mol. The number of aliphatic hydroxyl groups excluding tert-OH is 1. The molecule has 1 unspecified atom stereocenters. The second kappa shape index (κ2) is 8.76. The Morgan fingerprint density at radius 3 is 2.56 bits per heavy atom. The zero-order valence-corrected chi connectivity index (χ0v) is 21.4. The molecule has 0 spiro atoms. The van der Waals surface area contributed by atoms with Gasteiger partial charge in [0.05, 0.1) is 21.8 Å². The Morgan fingerprint density at radius 2 is 1.78 bits per heavy atom. The van der Waals surface area contributed by atoms with Gasteiger partial charge in [0.2, 0.25) is 0 Å². The van der Waals surface area contributed by atoms with E-state index in [1.54, 1.807) is 18.2 Å². The SMILES string of the molecule is Cc1ccc2nc(N3C(=O)C(=O)/C(=C(/O)c4ccc5c(c4)OCCO5)C3c3ccc(Br)cc3)sc2c1. The zero-order chi connectivity index (χ0) is 25.0. The van der Waals surface area contributed by atoms with Crippen molar-refractivity contribution >= 4 is 60.1 Å². The first kappa shape index (κ1) is 22.8. The second-order valence-corrected chi connectivity index (χ2v) is 10.5. The molecule has 1 N–H and O–H groups in total. The standard InChI is InChI=1S/C27H19BrN2O5S/c1-14-2-8-18-21(12-14)36-27(29-18)30-23(15-3-6-17(28)7-4-15)22(25(32)26(30)33)24(31)16-5-9-19-20(13-16)35-11-10-34-19/h2-9,12-13,23,31H,10-11H2,1H3/b24-22+. The van der Waals surface area contributed by atoms with Gasteiger partial charge in [0.25, 0.3) is 5.78 Å². The van der Waals surface area contributed by atoms with Crippen LogP contribution in [-0.4, -0.2) is 35.0 Å². The van der Waals surface area contributed by atoms with Gasteiger partial charge >= 0.3 is 5.91 Å². The van der Waals surface area contributed by atoms with Crippen molar-refractivity contribution in [1.29, 1.82) is 0 Å². The Morgan fingerprint density at radius 1 is 1.03 bits per heavy atom. The molecule has 9 heteroatoms. The molecule has 2 aliphatic heterocycles. The van der Waals surface area contributed by atoms with Crippen LogP contribution in [0.5, 0.6) is 11.5 Å². The highest BCUT2D eigenvalue weighted by atomic mass is 79.9. The number of amides is 1. The number of carbonyl (C=O) groups is 2. The predicted molar refractivity (Wildman–Crippen MR) is 141 cm³/mol. The van der Waals surface area contributed by atoms with E-state index in [0.29, 0.717) is 41.0 Å².